The van der Waals surface area contributed by atoms with Crippen molar-refractivity contribution in [3.05, 3.63) is 50.9 Å². The number of fused-ring (bicyclic) bond motifs is 1. The zero-order chi connectivity index (χ0) is 18.3. The summed E-state index contributed by atoms with van der Waals surface area (Å²) in [6, 6.07) is 8.35. The summed E-state index contributed by atoms with van der Waals surface area (Å²) in [6.07, 6.45) is 2.67. The number of aromatic amines is 1. The van der Waals surface area contributed by atoms with E-state index in [1.165, 1.54) is 18.4 Å². The van der Waals surface area contributed by atoms with Crippen molar-refractivity contribution in [3.8, 4) is 11.1 Å². The Hall–Kier alpha value is -1.98. The van der Waals surface area contributed by atoms with E-state index in [4.69, 9.17) is 4.98 Å². The molecule has 0 amide bonds. The van der Waals surface area contributed by atoms with Gasteiger partial charge in [-0.1, -0.05) is 36.8 Å². The van der Waals surface area contributed by atoms with Crippen molar-refractivity contribution >= 4 is 21.6 Å². The Morgan fingerprint density at radius 1 is 1.23 bits per heavy atom. The summed E-state index contributed by atoms with van der Waals surface area (Å²) in [7, 11) is 0. The van der Waals surface area contributed by atoms with Gasteiger partial charge in [0.25, 0.3) is 5.56 Å². The van der Waals surface area contributed by atoms with Gasteiger partial charge in [-0.25, -0.2) is 4.98 Å². The van der Waals surface area contributed by atoms with Crippen molar-refractivity contribution in [1.82, 2.24) is 14.9 Å². The maximum atomic E-state index is 12.9. The van der Waals surface area contributed by atoms with Crippen LogP contribution in [0.2, 0.25) is 0 Å². The zero-order valence-corrected chi connectivity index (χ0v) is 16.4. The summed E-state index contributed by atoms with van der Waals surface area (Å²) in [4.78, 5) is 25.1. The molecule has 2 aromatic heterocycles. The minimum Gasteiger partial charge on any atom is -0.309 e. The molecule has 0 aliphatic heterocycles. The molecule has 1 aromatic carbocycles. The Morgan fingerprint density at radius 2 is 1.96 bits per heavy atom. The maximum absolute atomic E-state index is 12.9. The fraction of sp³-hybridized carbons (Fsp3) is 0.429. The Kier molecular flexibility index (Phi) is 4.67. The molecule has 0 unspecified atom stereocenters. The van der Waals surface area contributed by atoms with Crippen LogP contribution in [0.4, 0.5) is 0 Å². The summed E-state index contributed by atoms with van der Waals surface area (Å²) >= 11 is 1.62. The van der Waals surface area contributed by atoms with Crippen LogP contribution in [0.25, 0.3) is 21.3 Å². The quantitative estimate of drug-likeness (QED) is 0.698. The number of thiophene rings is 1. The fourth-order valence-corrected chi connectivity index (χ4v) is 4.55. The molecule has 0 radical (unpaired) electrons. The van der Waals surface area contributed by atoms with Crippen LogP contribution in [0.5, 0.6) is 0 Å². The third-order valence-corrected chi connectivity index (χ3v) is 6.16. The van der Waals surface area contributed by atoms with Crippen LogP contribution in [-0.2, 0) is 6.54 Å². The van der Waals surface area contributed by atoms with E-state index in [9.17, 15) is 4.79 Å². The molecule has 4 rings (SSSR count). The van der Waals surface area contributed by atoms with Gasteiger partial charge in [0.05, 0.1) is 11.9 Å². The second-order valence-electron chi connectivity index (χ2n) is 7.36. The first-order valence-electron chi connectivity index (χ1n) is 9.37. The number of aryl methyl sites for hydroxylation is 2. The van der Waals surface area contributed by atoms with Crippen LogP contribution >= 0.6 is 11.3 Å². The smallest absolute Gasteiger partial charge is 0.260 e. The average molecular weight is 368 g/mol. The molecule has 1 saturated carbocycles. The van der Waals surface area contributed by atoms with Crippen molar-refractivity contribution in [1.29, 1.82) is 0 Å². The monoisotopic (exact) mass is 367 g/mol. The number of aromatic nitrogens is 2. The Labute approximate surface area is 157 Å². The normalized spacial score (nSPS) is 14.5. The first-order valence-corrected chi connectivity index (χ1v) is 10.2. The third kappa shape index (κ3) is 3.46. The molecule has 0 saturated heterocycles. The Bertz CT molecular complexity index is 983. The maximum Gasteiger partial charge on any atom is 0.260 e. The summed E-state index contributed by atoms with van der Waals surface area (Å²) < 4.78 is 0. The molecular formula is C21H25N3OS. The van der Waals surface area contributed by atoms with Gasteiger partial charge in [0.2, 0.25) is 0 Å². The van der Waals surface area contributed by atoms with Crippen LogP contribution in [0.15, 0.2) is 29.1 Å². The lowest BCUT2D eigenvalue weighted by molar-refractivity contribution is 0.262. The number of benzene rings is 1. The van der Waals surface area contributed by atoms with Crippen LogP contribution in [0.1, 0.15) is 36.0 Å². The molecule has 1 N–H and O–H groups in total. The van der Waals surface area contributed by atoms with Crippen molar-refractivity contribution in [3.63, 3.8) is 0 Å². The Morgan fingerprint density at radius 3 is 2.62 bits per heavy atom. The van der Waals surface area contributed by atoms with Crippen LogP contribution in [0, 0.1) is 19.8 Å². The lowest BCUT2D eigenvalue weighted by Crippen LogP contribution is -2.27. The number of hydrogen-bond acceptors (Lipinski definition) is 4. The second-order valence-corrected chi connectivity index (χ2v) is 8.57. The van der Waals surface area contributed by atoms with Gasteiger partial charge in [-0.2, -0.15) is 0 Å². The van der Waals surface area contributed by atoms with E-state index in [1.54, 1.807) is 11.3 Å². The zero-order valence-electron chi connectivity index (χ0n) is 15.6. The van der Waals surface area contributed by atoms with Gasteiger partial charge in [-0.05, 0) is 44.7 Å². The number of nitrogens with zero attached hydrogens (tertiary/aromatic N) is 2. The Balaban J connectivity index is 1.72. The minimum absolute atomic E-state index is 0.0209. The molecule has 136 valence electrons. The highest BCUT2D eigenvalue weighted by Crippen LogP contribution is 2.35. The third-order valence-electron chi connectivity index (χ3n) is 5.16. The van der Waals surface area contributed by atoms with Crippen LogP contribution in [0.3, 0.4) is 0 Å². The lowest BCUT2D eigenvalue weighted by Gasteiger charge is -2.19. The van der Waals surface area contributed by atoms with Crippen molar-refractivity contribution in [2.24, 2.45) is 5.92 Å². The first-order chi connectivity index (χ1) is 12.5. The minimum atomic E-state index is -0.0209. The van der Waals surface area contributed by atoms with E-state index >= 15 is 0 Å². The van der Waals surface area contributed by atoms with Gasteiger partial charge in [0.1, 0.15) is 10.7 Å². The average Bonchev–Trinajstić information content (AvgIpc) is 3.36. The summed E-state index contributed by atoms with van der Waals surface area (Å²) in [5.41, 5.74) is 3.31. The summed E-state index contributed by atoms with van der Waals surface area (Å²) in [5, 5.41) is 0.727. The molecule has 0 bridgehead atoms. The van der Waals surface area contributed by atoms with Crippen LogP contribution in [-0.4, -0.2) is 28.0 Å². The molecule has 5 heteroatoms. The van der Waals surface area contributed by atoms with Gasteiger partial charge < -0.3 is 4.98 Å². The molecule has 0 atom stereocenters. The van der Waals surface area contributed by atoms with E-state index in [2.05, 4.69) is 54.9 Å². The topological polar surface area (TPSA) is 49.0 Å². The molecular weight excluding hydrogens is 342 g/mol. The van der Waals surface area contributed by atoms with E-state index in [1.807, 2.05) is 0 Å². The van der Waals surface area contributed by atoms with Gasteiger partial charge in [-0.15, -0.1) is 11.3 Å². The number of nitrogens with one attached hydrogen (secondary N) is 1. The SMILES string of the molecule is CCN(Cc1nc2sc(C)c(-c3ccc(C)cc3)c2c(=O)[nH]1)CC1CC1. The molecule has 26 heavy (non-hydrogen) atoms. The molecule has 2 heterocycles. The number of rotatable bonds is 6. The standard InChI is InChI=1S/C21H25N3OS/c1-4-24(11-15-7-8-15)12-17-22-20(25)19-18(14(3)26-21(19)23-17)16-9-5-13(2)6-10-16/h5-6,9-10,15H,4,7-8,11-12H2,1-3H3,(H,22,23,25). The van der Waals surface area contributed by atoms with Crippen LogP contribution < -0.4 is 5.56 Å². The first kappa shape index (κ1) is 17.4. The molecule has 1 aliphatic rings. The largest absolute Gasteiger partial charge is 0.309 e. The number of H-pyrrole nitrogens is 1. The van der Waals surface area contributed by atoms with E-state index in [-0.39, 0.29) is 5.56 Å². The lowest BCUT2D eigenvalue weighted by atomic mass is 10.0. The number of hydrogen-bond donors (Lipinski definition) is 1. The summed E-state index contributed by atoms with van der Waals surface area (Å²) in [5.74, 6) is 1.62. The molecule has 4 nitrogen and oxygen atoms in total. The molecule has 1 fully saturated rings. The van der Waals surface area contributed by atoms with Gasteiger partial charge in [0, 0.05) is 17.0 Å². The highest BCUT2D eigenvalue weighted by atomic mass is 32.1. The molecule has 3 aromatic rings. The predicted octanol–water partition coefficient (Wildman–Crippen LogP) is 4.50. The predicted molar refractivity (Wildman–Crippen MR) is 109 cm³/mol. The fourth-order valence-electron chi connectivity index (χ4n) is 3.49. The van der Waals surface area contributed by atoms with Gasteiger partial charge in [0.15, 0.2) is 0 Å². The summed E-state index contributed by atoms with van der Waals surface area (Å²) in [6.45, 7) is 9.13. The highest BCUT2D eigenvalue weighted by molar-refractivity contribution is 7.19. The van der Waals surface area contributed by atoms with E-state index < -0.39 is 0 Å². The molecule has 1 aliphatic carbocycles. The van der Waals surface area contributed by atoms with E-state index in [0.717, 1.165) is 57.6 Å². The van der Waals surface area contributed by atoms with Crippen molar-refractivity contribution in [2.45, 2.75) is 40.2 Å². The van der Waals surface area contributed by atoms with E-state index in [0.29, 0.717) is 0 Å². The van der Waals surface area contributed by atoms with Gasteiger partial charge >= 0.3 is 0 Å². The molecule has 0 spiro atoms. The second kappa shape index (κ2) is 6.97. The van der Waals surface area contributed by atoms with Crippen molar-refractivity contribution in [2.75, 3.05) is 13.1 Å². The van der Waals surface area contributed by atoms with Crippen molar-refractivity contribution < 1.29 is 0 Å². The highest BCUT2D eigenvalue weighted by Gasteiger charge is 2.24. The van der Waals surface area contributed by atoms with Gasteiger partial charge in [-0.3, -0.25) is 9.69 Å².